The van der Waals surface area contributed by atoms with E-state index in [1.165, 1.54) is 12.3 Å². The van der Waals surface area contributed by atoms with Crippen LogP contribution in [0.1, 0.15) is 15.9 Å². The van der Waals surface area contributed by atoms with E-state index >= 15 is 0 Å². The minimum absolute atomic E-state index is 0.0716. The maximum Gasteiger partial charge on any atom is 0.278 e. The second-order valence-corrected chi connectivity index (χ2v) is 5.46. The van der Waals surface area contributed by atoms with Crippen molar-refractivity contribution in [1.82, 2.24) is 5.43 Å². The fourth-order valence-corrected chi connectivity index (χ4v) is 2.43. The fourth-order valence-electron chi connectivity index (χ4n) is 2.43. The van der Waals surface area contributed by atoms with Gasteiger partial charge in [0.25, 0.3) is 11.6 Å². The molecule has 3 aromatic rings. The Labute approximate surface area is 150 Å². The number of rotatable bonds is 5. The lowest BCUT2D eigenvalue weighted by atomic mass is 10.0. The highest BCUT2D eigenvalue weighted by molar-refractivity contribution is 5.95. The number of carbonyl (C=O) groups is 1. The van der Waals surface area contributed by atoms with Gasteiger partial charge in [0.05, 0.1) is 16.7 Å². The van der Waals surface area contributed by atoms with Crippen LogP contribution >= 0.6 is 0 Å². The first-order valence-electron chi connectivity index (χ1n) is 7.87. The number of hydrogen-bond acceptors (Lipinski definition) is 4. The molecule has 0 unspecified atom stereocenters. The maximum absolute atomic E-state index is 12.1. The summed E-state index contributed by atoms with van der Waals surface area (Å²) in [6.45, 7) is 0. The third-order valence-electron chi connectivity index (χ3n) is 3.76. The van der Waals surface area contributed by atoms with Crippen molar-refractivity contribution in [3.05, 3.63) is 100 Å². The third kappa shape index (κ3) is 3.99. The lowest BCUT2D eigenvalue weighted by molar-refractivity contribution is -0.385. The quantitative estimate of drug-likeness (QED) is 0.430. The van der Waals surface area contributed by atoms with Crippen LogP contribution in [0.4, 0.5) is 5.69 Å². The van der Waals surface area contributed by atoms with E-state index in [1.54, 1.807) is 30.3 Å². The molecule has 0 aliphatic heterocycles. The van der Waals surface area contributed by atoms with Crippen LogP contribution in [-0.2, 0) is 0 Å². The summed E-state index contributed by atoms with van der Waals surface area (Å²) < 4.78 is 0. The Balaban J connectivity index is 1.68. The Morgan fingerprint density at radius 1 is 0.885 bits per heavy atom. The predicted octanol–water partition coefficient (Wildman–Crippen LogP) is 4.03. The van der Waals surface area contributed by atoms with E-state index in [9.17, 15) is 14.9 Å². The minimum Gasteiger partial charge on any atom is -0.267 e. The van der Waals surface area contributed by atoms with Gasteiger partial charge >= 0.3 is 0 Å². The molecular weight excluding hydrogens is 330 g/mol. The van der Waals surface area contributed by atoms with Crippen molar-refractivity contribution in [3.8, 4) is 11.1 Å². The molecule has 0 saturated carbocycles. The highest BCUT2D eigenvalue weighted by Crippen LogP contribution is 2.19. The molecule has 6 nitrogen and oxygen atoms in total. The number of hydrogen-bond donors (Lipinski definition) is 1. The van der Waals surface area contributed by atoms with Gasteiger partial charge in [0.2, 0.25) is 0 Å². The topological polar surface area (TPSA) is 84.6 Å². The largest absolute Gasteiger partial charge is 0.278 e. The summed E-state index contributed by atoms with van der Waals surface area (Å²) in [6, 6.07) is 23.1. The summed E-state index contributed by atoms with van der Waals surface area (Å²) in [7, 11) is 0. The number of para-hydroxylation sites is 1. The molecule has 0 fully saturated rings. The number of nitro groups is 1. The normalized spacial score (nSPS) is 10.6. The summed E-state index contributed by atoms with van der Waals surface area (Å²) in [6.07, 6.45) is 1.26. The molecule has 3 aromatic carbocycles. The highest BCUT2D eigenvalue weighted by atomic mass is 16.6. The van der Waals surface area contributed by atoms with Crippen molar-refractivity contribution < 1.29 is 9.72 Å². The maximum atomic E-state index is 12.1. The van der Waals surface area contributed by atoms with Gasteiger partial charge in [-0.15, -0.1) is 0 Å². The molecule has 1 N–H and O–H groups in total. The zero-order valence-corrected chi connectivity index (χ0v) is 13.7. The van der Waals surface area contributed by atoms with Gasteiger partial charge in [-0.25, -0.2) is 5.43 Å². The monoisotopic (exact) mass is 345 g/mol. The molecule has 6 heteroatoms. The van der Waals surface area contributed by atoms with Crippen LogP contribution < -0.4 is 5.43 Å². The average Bonchev–Trinajstić information content (AvgIpc) is 2.69. The van der Waals surface area contributed by atoms with Crippen molar-refractivity contribution in [2.45, 2.75) is 0 Å². The van der Waals surface area contributed by atoms with Crippen LogP contribution in [-0.4, -0.2) is 17.0 Å². The van der Waals surface area contributed by atoms with Crippen molar-refractivity contribution in [2.24, 2.45) is 5.10 Å². The standard InChI is InChI=1S/C20H15N3O3/c24-20(22-21-14-18-8-4-5-9-19(18)23(25)26)17-12-10-16(11-13-17)15-6-2-1-3-7-15/h1-14H,(H,22,24). The van der Waals surface area contributed by atoms with E-state index in [-0.39, 0.29) is 11.6 Å². The van der Waals surface area contributed by atoms with Gasteiger partial charge in [0.1, 0.15) is 0 Å². The number of hydrazone groups is 1. The van der Waals surface area contributed by atoms with Crippen molar-refractivity contribution >= 4 is 17.8 Å². The lowest BCUT2D eigenvalue weighted by Gasteiger charge is -2.03. The van der Waals surface area contributed by atoms with Gasteiger partial charge in [-0.05, 0) is 29.3 Å². The number of nitrogens with zero attached hydrogens (tertiary/aromatic N) is 2. The Morgan fingerprint density at radius 3 is 2.19 bits per heavy atom. The van der Waals surface area contributed by atoms with Gasteiger partial charge in [-0.1, -0.05) is 54.6 Å². The highest BCUT2D eigenvalue weighted by Gasteiger charge is 2.10. The molecule has 128 valence electrons. The summed E-state index contributed by atoms with van der Waals surface area (Å²) in [4.78, 5) is 22.6. The average molecular weight is 345 g/mol. The Bertz CT molecular complexity index is 952. The van der Waals surface area contributed by atoms with E-state index < -0.39 is 4.92 Å². The molecule has 1 amide bonds. The third-order valence-corrected chi connectivity index (χ3v) is 3.76. The lowest BCUT2D eigenvalue weighted by Crippen LogP contribution is -2.17. The first-order chi connectivity index (χ1) is 12.6. The Kier molecular flexibility index (Phi) is 5.14. The summed E-state index contributed by atoms with van der Waals surface area (Å²) in [5.74, 6) is -0.389. The second-order valence-electron chi connectivity index (χ2n) is 5.46. The fraction of sp³-hybridized carbons (Fsp3) is 0. The predicted molar refractivity (Wildman–Crippen MR) is 100 cm³/mol. The SMILES string of the molecule is O=C(NN=Cc1ccccc1[N+](=O)[O-])c1ccc(-c2ccccc2)cc1. The molecule has 0 bridgehead atoms. The van der Waals surface area contributed by atoms with Crippen LogP contribution in [0.2, 0.25) is 0 Å². The molecule has 0 aromatic heterocycles. The zero-order valence-electron chi connectivity index (χ0n) is 13.7. The van der Waals surface area contributed by atoms with Crippen molar-refractivity contribution in [2.75, 3.05) is 0 Å². The summed E-state index contributed by atoms with van der Waals surface area (Å²) in [5.41, 5.74) is 5.14. The van der Waals surface area contributed by atoms with E-state index in [0.717, 1.165) is 11.1 Å². The van der Waals surface area contributed by atoms with E-state index in [1.807, 2.05) is 42.5 Å². The molecule has 0 aliphatic carbocycles. The summed E-state index contributed by atoms with van der Waals surface area (Å²) >= 11 is 0. The van der Waals surface area contributed by atoms with Crippen LogP contribution in [0, 0.1) is 10.1 Å². The molecule has 0 heterocycles. The van der Waals surface area contributed by atoms with E-state index in [4.69, 9.17) is 0 Å². The van der Waals surface area contributed by atoms with Gasteiger partial charge in [0.15, 0.2) is 0 Å². The van der Waals surface area contributed by atoms with Crippen molar-refractivity contribution in [1.29, 1.82) is 0 Å². The first-order valence-corrected chi connectivity index (χ1v) is 7.87. The van der Waals surface area contributed by atoms with Crippen LogP contribution in [0.5, 0.6) is 0 Å². The molecular formula is C20H15N3O3. The van der Waals surface area contributed by atoms with E-state index in [2.05, 4.69) is 10.5 Å². The van der Waals surface area contributed by atoms with Crippen LogP contribution in [0.3, 0.4) is 0 Å². The van der Waals surface area contributed by atoms with Crippen LogP contribution in [0.25, 0.3) is 11.1 Å². The van der Waals surface area contributed by atoms with Gasteiger partial charge in [-0.3, -0.25) is 14.9 Å². The van der Waals surface area contributed by atoms with Crippen LogP contribution in [0.15, 0.2) is 84.0 Å². The number of amides is 1. The number of benzene rings is 3. The molecule has 26 heavy (non-hydrogen) atoms. The molecule has 0 saturated heterocycles. The molecule has 0 aliphatic rings. The van der Waals surface area contributed by atoms with Gasteiger partial charge in [-0.2, -0.15) is 5.10 Å². The van der Waals surface area contributed by atoms with Gasteiger partial charge < -0.3 is 0 Å². The molecule has 0 radical (unpaired) electrons. The Morgan fingerprint density at radius 2 is 1.50 bits per heavy atom. The zero-order chi connectivity index (χ0) is 18.4. The number of nitro benzene ring substituents is 1. The molecule has 0 atom stereocenters. The second kappa shape index (κ2) is 7.85. The summed E-state index contributed by atoms with van der Waals surface area (Å²) in [5, 5.41) is 14.8. The first kappa shape index (κ1) is 17.0. The number of carbonyl (C=O) groups excluding carboxylic acids is 1. The van der Waals surface area contributed by atoms with E-state index in [0.29, 0.717) is 11.1 Å². The minimum atomic E-state index is -0.495. The number of nitrogens with one attached hydrogen (secondary N) is 1. The molecule has 0 spiro atoms. The smallest absolute Gasteiger partial charge is 0.267 e. The van der Waals surface area contributed by atoms with Gasteiger partial charge in [0, 0.05) is 11.6 Å². The molecule has 3 rings (SSSR count). The Hall–Kier alpha value is -3.80. The van der Waals surface area contributed by atoms with Crippen molar-refractivity contribution in [3.63, 3.8) is 0 Å².